The van der Waals surface area contributed by atoms with E-state index in [9.17, 15) is 4.79 Å². The van der Waals surface area contributed by atoms with E-state index in [-0.39, 0.29) is 11.9 Å². The Bertz CT molecular complexity index is 569. The third-order valence-corrected chi connectivity index (χ3v) is 4.05. The van der Waals surface area contributed by atoms with Gasteiger partial charge in [-0.15, -0.1) is 0 Å². The van der Waals surface area contributed by atoms with Crippen LogP contribution >= 0.6 is 0 Å². The highest BCUT2D eigenvalue weighted by Gasteiger charge is 2.25. The molecule has 1 fully saturated rings. The largest absolute Gasteiger partial charge is 0.361 e. The molecule has 1 aromatic carbocycles. The molecule has 18 heavy (non-hydrogen) atoms. The van der Waals surface area contributed by atoms with Crippen LogP contribution < -0.4 is 5.32 Å². The summed E-state index contributed by atoms with van der Waals surface area (Å²) in [5, 5.41) is 4.20. The Morgan fingerprint density at radius 3 is 2.94 bits per heavy atom. The molecule has 3 nitrogen and oxygen atoms in total. The molecule has 0 radical (unpaired) electrons. The summed E-state index contributed by atoms with van der Waals surface area (Å²) in [4.78, 5) is 15.4. The Morgan fingerprint density at radius 1 is 1.39 bits per heavy atom. The third kappa shape index (κ3) is 1.90. The van der Waals surface area contributed by atoms with Crippen molar-refractivity contribution in [2.75, 3.05) is 0 Å². The average Bonchev–Trinajstić information content (AvgIpc) is 2.73. The predicted molar refractivity (Wildman–Crippen MR) is 72.6 cm³/mol. The van der Waals surface area contributed by atoms with Crippen molar-refractivity contribution in [3.8, 4) is 0 Å². The van der Waals surface area contributed by atoms with Gasteiger partial charge in [0.2, 0.25) is 0 Å². The van der Waals surface area contributed by atoms with Crippen LogP contribution in [-0.4, -0.2) is 16.9 Å². The first kappa shape index (κ1) is 11.3. The number of fused-ring (bicyclic) bond motifs is 1. The molecule has 94 valence electrons. The van der Waals surface area contributed by atoms with Gasteiger partial charge in [-0.1, -0.05) is 18.6 Å². The number of hydrogen-bond acceptors (Lipinski definition) is 1. The summed E-state index contributed by atoms with van der Waals surface area (Å²) in [7, 11) is 0. The quantitative estimate of drug-likeness (QED) is 0.853. The number of H-pyrrole nitrogens is 1. The van der Waals surface area contributed by atoms with Crippen LogP contribution in [-0.2, 0) is 0 Å². The van der Waals surface area contributed by atoms with Gasteiger partial charge >= 0.3 is 0 Å². The number of para-hydroxylation sites is 1. The first-order chi connectivity index (χ1) is 8.75. The third-order valence-electron chi connectivity index (χ3n) is 4.05. The molecule has 1 unspecified atom stereocenters. The Kier molecular flexibility index (Phi) is 2.82. The molecule has 3 rings (SSSR count). The molecular weight excluding hydrogens is 224 g/mol. The van der Waals surface area contributed by atoms with Gasteiger partial charge in [0.05, 0.1) is 11.1 Å². The molecular formula is C15H18N2O. The lowest BCUT2D eigenvalue weighted by atomic mass is 9.80. The number of hydrogen-bond donors (Lipinski definition) is 2. The van der Waals surface area contributed by atoms with Crippen LogP contribution in [0.4, 0.5) is 0 Å². The van der Waals surface area contributed by atoms with Gasteiger partial charge < -0.3 is 10.3 Å². The van der Waals surface area contributed by atoms with E-state index in [1.54, 1.807) is 0 Å². The maximum absolute atomic E-state index is 12.3. The second kappa shape index (κ2) is 4.48. The highest BCUT2D eigenvalue weighted by atomic mass is 16.1. The van der Waals surface area contributed by atoms with Crippen LogP contribution in [0, 0.1) is 5.92 Å². The zero-order chi connectivity index (χ0) is 12.5. The van der Waals surface area contributed by atoms with Gasteiger partial charge in [0.15, 0.2) is 0 Å². The maximum atomic E-state index is 12.3. The fourth-order valence-electron chi connectivity index (χ4n) is 2.62. The lowest BCUT2D eigenvalue weighted by Gasteiger charge is -2.31. The van der Waals surface area contributed by atoms with Crippen molar-refractivity contribution < 1.29 is 4.79 Å². The Labute approximate surface area is 107 Å². The van der Waals surface area contributed by atoms with Crippen LogP contribution in [0.15, 0.2) is 30.5 Å². The molecule has 0 saturated heterocycles. The number of carbonyl (C=O) groups excluding carboxylic acids is 1. The lowest BCUT2D eigenvalue weighted by Crippen LogP contribution is -2.40. The number of carbonyl (C=O) groups is 1. The summed E-state index contributed by atoms with van der Waals surface area (Å²) >= 11 is 0. The van der Waals surface area contributed by atoms with Gasteiger partial charge in [0, 0.05) is 17.6 Å². The van der Waals surface area contributed by atoms with E-state index in [0.29, 0.717) is 5.92 Å². The fourth-order valence-corrected chi connectivity index (χ4v) is 2.62. The van der Waals surface area contributed by atoms with Crippen molar-refractivity contribution in [2.45, 2.75) is 32.2 Å². The second-order valence-electron chi connectivity index (χ2n) is 5.20. The number of benzene rings is 1. The van der Waals surface area contributed by atoms with Crippen LogP contribution in [0.2, 0.25) is 0 Å². The van der Waals surface area contributed by atoms with Crippen LogP contribution in [0.3, 0.4) is 0 Å². The first-order valence-corrected chi connectivity index (χ1v) is 6.62. The van der Waals surface area contributed by atoms with Gasteiger partial charge in [-0.05, 0) is 37.8 Å². The van der Waals surface area contributed by atoms with E-state index in [1.807, 2.05) is 30.5 Å². The monoisotopic (exact) mass is 242 g/mol. The highest BCUT2D eigenvalue weighted by molar-refractivity contribution is 6.05. The summed E-state index contributed by atoms with van der Waals surface area (Å²) in [6, 6.07) is 8.08. The van der Waals surface area contributed by atoms with E-state index < -0.39 is 0 Å². The average molecular weight is 242 g/mol. The number of nitrogens with one attached hydrogen (secondary N) is 2. The predicted octanol–water partition coefficient (Wildman–Crippen LogP) is 3.09. The van der Waals surface area contributed by atoms with E-state index >= 15 is 0 Å². The van der Waals surface area contributed by atoms with E-state index in [4.69, 9.17) is 0 Å². The standard InChI is InChI=1S/C15H18N2O/c1-10(11-4-2-5-11)17-15(18)13-7-3-6-12-8-9-16-14(12)13/h3,6-11,16H,2,4-5H2,1H3,(H,17,18). The van der Waals surface area contributed by atoms with Gasteiger partial charge in [-0.3, -0.25) is 4.79 Å². The van der Waals surface area contributed by atoms with E-state index in [0.717, 1.165) is 16.5 Å². The first-order valence-electron chi connectivity index (χ1n) is 6.62. The molecule has 0 bridgehead atoms. The van der Waals surface area contributed by atoms with E-state index in [1.165, 1.54) is 19.3 Å². The van der Waals surface area contributed by atoms with Crippen LogP contribution in [0.1, 0.15) is 36.5 Å². The smallest absolute Gasteiger partial charge is 0.253 e. The summed E-state index contributed by atoms with van der Waals surface area (Å²) in [6.45, 7) is 2.11. The van der Waals surface area contributed by atoms with Crippen LogP contribution in [0.5, 0.6) is 0 Å². The van der Waals surface area contributed by atoms with Gasteiger partial charge in [-0.25, -0.2) is 0 Å². The number of amides is 1. The molecule has 0 spiro atoms. The Hall–Kier alpha value is -1.77. The Morgan fingerprint density at radius 2 is 2.22 bits per heavy atom. The lowest BCUT2D eigenvalue weighted by molar-refractivity contribution is 0.0911. The Balaban J connectivity index is 1.81. The topological polar surface area (TPSA) is 44.9 Å². The SMILES string of the molecule is CC(NC(=O)c1cccc2cc[nH]c12)C1CCC1. The summed E-state index contributed by atoms with van der Waals surface area (Å²) in [5.74, 6) is 0.694. The molecule has 3 heteroatoms. The zero-order valence-corrected chi connectivity index (χ0v) is 10.6. The minimum Gasteiger partial charge on any atom is -0.361 e. The summed E-state index contributed by atoms with van der Waals surface area (Å²) < 4.78 is 0. The molecule has 1 saturated carbocycles. The molecule has 1 atom stereocenters. The molecule has 1 heterocycles. The summed E-state index contributed by atoms with van der Waals surface area (Å²) in [5.41, 5.74) is 1.67. The normalized spacial score (nSPS) is 17.4. The van der Waals surface area contributed by atoms with E-state index in [2.05, 4.69) is 17.2 Å². The molecule has 1 aliphatic rings. The highest BCUT2D eigenvalue weighted by Crippen LogP contribution is 2.29. The van der Waals surface area contributed by atoms with Crippen LogP contribution in [0.25, 0.3) is 10.9 Å². The number of aromatic nitrogens is 1. The maximum Gasteiger partial charge on any atom is 0.253 e. The van der Waals surface area contributed by atoms with Gasteiger partial charge in [-0.2, -0.15) is 0 Å². The van der Waals surface area contributed by atoms with Crippen molar-refractivity contribution in [1.29, 1.82) is 0 Å². The van der Waals surface area contributed by atoms with Gasteiger partial charge in [0.1, 0.15) is 0 Å². The van der Waals surface area contributed by atoms with Crippen molar-refractivity contribution in [1.82, 2.24) is 10.3 Å². The molecule has 1 aromatic heterocycles. The minimum atomic E-state index is 0.0300. The number of aromatic amines is 1. The van der Waals surface area contributed by atoms with Crippen molar-refractivity contribution >= 4 is 16.8 Å². The van der Waals surface area contributed by atoms with Crippen molar-refractivity contribution in [3.63, 3.8) is 0 Å². The molecule has 1 amide bonds. The second-order valence-corrected chi connectivity index (χ2v) is 5.20. The molecule has 1 aliphatic carbocycles. The molecule has 2 aromatic rings. The zero-order valence-electron chi connectivity index (χ0n) is 10.6. The summed E-state index contributed by atoms with van der Waals surface area (Å²) in [6.07, 6.45) is 5.66. The fraction of sp³-hybridized carbons (Fsp3) is 0.400. The molecule has 0 aliphatic heterocycles. The van der Waals surface area contributed by atoms with Crippen molar-refractivity contribution in [3.05, 3.63) is 36.0 Å². The minimum absolute atomic E-state index is 0.0300. The van der Waals surface area contributed by atoms with Gasteiger partial charge in [0.25, 0.3) is 5.91 Å². The molecule has 2 N–H and O–H groups in total. The number of rotatable bonds is 3. The van der Waals surface area contributed by atoms with Crippen molar-refractivity contribution in [2.24, 2.45) is 5.92 Å².